The van der Waals surface area contributed by atoms with Gasteiger partial charge in [0, 0.05) is 19.3 Å². The highest BCUT2D eigenvalue weighted by atomic mass is 15.3. The molecule has 1 heterocycles. The zero-order valence-corrected chi connectivity index (χ0v) is 9.74. The van der Waals surface area contributed by atoms with E-state index < -0.39 is 0 Å². The number of hydrogen-bond acceptors (Lipinski definition) is 2. The average Bonchev–Trinajstić information content (AvgIpc) is 2.96. The SMILES string of the molecule is CCNC(CCC1CC1)c1ccnn1C. The third-order valence-corrected chi connectivity index (χ3v) is 3.23. The molecule has 1 atom stereocenters. The Hall–Kier alpha value is -0.830. The lowest BCUT2D eigenvalue weighted by molar-refractivity contribution is 0.454. The number of nitrogens with one attached hydrogen (secondary N) is 1. The summed E-state index contributed by atoms with van der Waals surface area (Å²) in [6, 6.07) is 2.61. The molecule has 84 valence electrons. The summed E-state index contributed by atoms with van der Waals surface area (Å²) in [5.74, 6) is 1.01. The fourth-order valence-corrected chi connectivity index (χ4v) is 2.14. The maximum Gasteiger partial charge on any atom is 0.0550 e. The summed E-state index contributed by atoms with van der Waals surface area (Å²) in [6.45, 7) is 3.20. The van der Waals surface area contributed by atoms with Crippen molar-refractivity contribution in [2.24, 2.45) is 13.0 Å². The van der Waals surface area contributed by atoms with E-state index in [2.05, 4.69) is 23.4 Å². The molecule has 1 saturated carbocycles. The quantitative estimate of drug-likeness (QED) is 0.775. The van der Waals surface area contributed by atoms with Gasteiger partial charge in [-0.1, -0.05) is 19.8 Å². The molecule has 1 aromatic heterocycles. The van der Waals surface area contributed by atoms with E-state index in [9.17, 15) is 0 Å². The molecule has 3 heteroatoms. The number of aryl methyl sites for hydroxylation is 1. The summed E-state index contributed by atoms with van der Waals surface area (Å²) in [4.78, 5) is 0. The monoisotopic (exact) mass is 207 g/mol. The standard InChI is InChI=1S/C12H21N3/c1-3-13-11(7-6-10-4-5-10)12-8-9-14-15(12)2/h8-11,13H,3-7H2,1-2H3. The van der Waals surface area contributed by atoms with Crippen molar-refractivity contribution in [3.8, 4) is 0 Å². The first-order chi connectivity index (χ1) is 7.31. The van der Waals surface area contributed by atoms with E-state index in [4.69, 9.17) is 0 Å². The molecule has 0 aliphatic heterocycles. The molecule has 1 aliphatic carbocycles. The van der Waals surface area contributed by atoms with Crippen LogP contribution in [0, 0.1) is 5.92 Å². The van der Waals surface area contributed by atoms with Crippen LogP contribution in [0.1, 0.15) is 44.3 Å². The largest absolute Gasteiger partial charge is 0.309 e. The van der Waals surface area contributed by atoms with Crippen LogP contribution in [0.3, 0.4) is 0 Å². The number of aromatic nitrogens is 2. The van der Waals surface area contributed by atoms with Gasteiger partial charge in [-0.05, 0) is 31.4 Å². The lowest BCUT2D eigenvalue weighted by atomic mass is 10.1. The van der Waals surface area contributed by atoms with Gasteiger partial charge in [-0.3, -0.25) is 4.68 Å². The Labute approximate surface area is 91.9 Å². The smallest absolute Gasteiger partial charge is 0.0550 e. The Morgan fingerprint density at radius 1 is 1.60 bits per heavy atom. The topological polar surface area (TPSA) is 29.9 Å². The van der Waals surface area contributed by atoms with Gasteiger partial charge in [0.15, 0.2) is 0 Å². The van der Waals surface area contributed by atoms with Crippen LogP contribution >= 0.6 is 0 Å². The minimum Gasteiger partial charge on any atom is -0.309 e. The average molecular weight is 207 g/mol. The molecule has 3 nitrogen and oxygen atoms in total. The number of hydrogen-bond donors (Lipinski definition) is 1. The van der Waals surface area contributed by atoms with Crippen molar-refractivity contribution in [2.45, 2.75) is 38.6 Å². The van der Waals surface area contributed by atoms with Crippen molar-refractivity contribution in [2.75, 3.05) is 6.54 Å². The first-order valence-electron chi connectivity index (χ1n) is 6.02. The number of rotatable bonds is 6. The predicted molar refractivity (Wildman–Crippen MR) is 61.6 cm³/mol. The fraction of sp³-hybridized carbons (Fsp3) is 0.750. The molecule has 1 aromatic rings. The van der Waals surface area contributed by atoms with Gasteiger partial charge in [0.1, 0.15) is 0 Å². The molecule has 1 N–H and O–H groups in total. The molecule has 0 radical (unpaired) electrons. The van der Waals surface area contributed by atoms with E-state index in [0.29, 0.717) is 6.04 Å². The summed E-state index contributed by atoms with van der Waals surface area (Å²) >= 11 is 0. The summed E-state index contributed by atoms with van der Waals surface area (Å²) in [5.41, 5.74) is 1.32. The zero-order chi connectivity index (χ0) is 10.7. The Kier molecular flexibility index (Phi) is 3.41. The van der Waals surface area contributed by atoms with E-state index >= 15 is 0 Å². The van der Waals surface area contributed by atoms with Crippen LogP contribution < -0.4 is 5.32 Å². The molecule has 0 aromatic carbocycles. The molecule has 1 unspecified atom stereocenters. The lowest BCUT2D eigenvalue weighted by Gasteiger charge is -2.17. The van der Waals surface area contributed by atoms with Gasteiger partial charge in [-0.15, -0.1) is 0 Å². The van der Waals surface area contributed by atoms with Gasteiger partial charge in [0.2, 0.25) is 0 Å². The third kappa shape index (κ3) is 2.81. The molecule has 1 aliphatic rings. The molecule has 1 fully saturated rings. The summed E-state index contributed by atoms with van der Waals surface area (Å²) < 4.78 is 1.99. The van der Waals surface area contributed by atoms with Gasteiger partial charge in [-0.25, -0.2) is 0 Å². The maximum absolute atomic E-state index is 4.24. The molecule has 0 amide bonds. The molecular formula is C12H21N3. The van der Waals surface area contributed by atoms with Crippen molar-refractivity contribution < 1.29 is 0 Å². The van der Waals surface area contributed by atoms with Gasteiger partial charge >= 0.3 is 0 Å². The first-order valence-corrected chi connectivity index (χ1v) is 6.02. The Bertz CT molecular complexity index is 302. The van der Waals surface area contributed by atoms with Crippen LogP contribution in [0.25, 0.3) is 0 Å². The minimum atomic E-state index is 0.489. The second kappa shape index (κ2) is 4.79. The first kappa shape index (κ1) is 10.7. The summed E-state index contributed by atoms with van der Waals surface area (Å²) in [5, 5.41) is 7.79. The van der Waals surface area contributed by atoms with E-state index in [1.807, 2.05) is 17.9 Å². The van der Waals surface area contributed by atoms with Crippen molar-refractivity contribution in [1.29, 1.82) is 0 Å². The van der Waals surface area contributed by atoms with Gasteiger partial charge in [0.25, 0.3) is 0 Å². The Balaban J connectivity index is 1.94. The van der Waals surface area contributed by atoms with Crippen LogP contribution in [0.5, 0.6) is 0 Å². The van der Waals surface area contributed by atoms with E-state index in [0.717, 1.165) is 12.5 Å². The van der Waals surface area contributed by atoms with Crippen molar-refractivity contribution in [3.63, 3.8) is 0 Å². The summed E-state index contributed by atoms with van der Waals surface area (Å²) in [7, 11) is 2.02. The molecule has 0 saturated heterocycles. The van der Waals surface area contributed by atoms with Crippen molar-refractivity contribution >= 4 is 0 Å². The van der Waals surface area contributed by atoms with Crippen LogP contribution in [0.2, 0.25) is 0 Å². The molecule has 0 spiro atoms. The second-order valence-electron chi connectivity index (χ2n) is 4.51. The maximum atomic E-state index is 4.24. The molecule has 0 bridgehead atoms. The van der Waals surface area contributed by atoms with Crippen LogP contribution in [-0.2, 0) is 7.05 Å². The van der Waals surface area contributed by atoms with Crippen LogP contribution in [-0.4, -0.2) is 16.3 Å². The van der Waals surface area contributed by atoms with Crippen LogP contribution in [0.4, 0.5) is 0 Å². The molecular weight excluding hydrogens is 186 g/mol. The fourth-order valence-electron chi connectivity index (χ4n) is 2.14. The predicted octanol–water partition coefficient (Wildman–Crippen LogP) is 2.26. The van der Waals surface area contributed by atoms with Crippen molar-refractivity contribution in [3.05, 3.63) is 18.0 Å². The second-order valence-corrected chi connectivity index (χ2v) is 4.51. The van der Waals surface area contributed by atoms with E-state index in [1.54, 1.807) is 0 Å². The normalized spacial score (nSPS) is 18.0. The zero-order valence-electron chi connectivity index (χ0n) is 9.74. The Morgan fingerprint density at radius 3 is 2.93 bits per heavy atom. The number of nitrogens with zero attached hydrogens (tertiary/aromatic N) is 2. The van der Waals surface area contributed by atoms with E-state index in [-0.39, 0.29) is 0 Å². The highest BCUT2D eigenvalue weighted by Gasteiger charge is 2.23. The molecule has 15 heavy (non-hydrogen) atoms. The van der Waals surface area contributed by atoms with Gasteiger partial charge < -0.3 is 5.32 Å². The van der Waals surface area contributed by atoms with E-state index in [1.165, 1.54) is 31.4 Å². The minimum absolute atomic E-state index is 0.489. The highest BCUT2D eigenvalue weighted by molar-refractivity contribution is 5.06. The van der Waals surface area contributed by atoms with Crippen LogP contribution in [0.15, 0.2) is 12.3 Å². The van der Waals surface area contributed by atoms with Gasteiger partial charge in [-0.2, -0.15) is 5.10 Å². The molecule has 2 rings (SSSR count). The van der Waals surface area contributed by atoms with Crippen molar-refractivity contribution in [1.82, 2.24) is 15.1 Å². The highest BCUT2D eigenvalue weighted by Crippen LogP contribution is 2.35. The third-order valence-electron chi connectivity index (χ3n) is 3.23. The Morgan fingerprint density at radius 2 is 2.40 bits per heavy atom. The van der Waals surface area contributed by atoms with Gasteiger partial charge in [0.05, 0.1) is 5.69 Å². The lowest BCUT2D eigenvalue weighted by Crippen LogP contribution is -2.23. The summed E-state index contributed by atoms with van der Waals surface area (Å²) in [6.07, 6.45) is 7.39.